The van der Waals surface area contributed by atoms with Gasteiger partial charge in [-0.1, -0.05) is 20.4 Å². The van der Waals surface area contributed by atoms with Crippen LogP contribution in [0.5, 0.6) is 0 Å². The minimum Gasteiger partial charge on any atom is -0.446 e. The topological polar surface area (TPSA) is 83.8 Å². The number of carbonyl (C=O) groups excluding carboxylic acids is 1. The second kappa shape index (κ2) is 4.56. The first kappa shape index (κ1) is 12.4. The van der Waals surface area contributed by atoms with Gasteiger partial charge < -0.3 is 14.5 Å². The third-order valence-corrected chi connectivity index (χ3v) is 2.67. The summed E-state index contributed by atoms with van der Waals surface area (Å²) in [5.74, 6) is -2.66. The summed E-state index contributed by atoms with van der Waals surface area (Å²) in [5, 5.41) is 0. The quantitative estimate of drug-likeness (QED) is 0.407. The van der Waals surface area contributed by atoms with Gasteiger partial charge in [-0.3, -0.25) is 4.57 Å². The van der Waals surface area contributed by atoms with Gasteiger partial charge in [-0.2, -0.15) is 0 Å². The first-order chi connectivity index (χ1) is 5.79. The maximum Gasteiger partial charge on any atom is 0.366 e. The molecule has 0 fully saturated rings. The third kappa shape index (κ3) is 4.22. The van der Waals surface area contributed by atoms with Gasteiger partial charge in [-0.05, 0) is 0 Å². The smallest absolute Gasteiger partial charge is 0.366 e. The fourth-order valence-electron chi connectivity index (χ4n) is 0.760. The molecule has 0 bridgehead atoms. The number of hydrogen-bond donors (Lipinski definition) is 2. The van der Waals surface area contributed by atoms with Gasteiger partial charge in [0.1, 0.15) is 0 Å². The predicted molar refractivity (Wildman–Crippen MR) is 47.0 cm³/mol. The molecular weight excluding hydrogens is 195 g/mol. The van der Waals surface area contributed by atoms with Crippen LogP contribution < -0.4 is 0 Å². The minimum atomic E-state index is -4.39. The fourth-order valence-corrected chi connectivity index (χ4v) is 1.78. The summed E-state index contributed by atoms with van der Waals surface area (Å²) in [6.07, 6.45) is 0.866. The molecule has 0 saturated heterocycles. The second-order valence-corrected chi connectivity index (χ2v) is 4.55. The fraction of sp³-hybridized carbons (Fsp3) is 0.571. The molecule has 0 saturated carbocycles. The molecule has 76 valence electrons. The van der Waals surface area contributed by atoms with Gasteiger partial charge in [0.15, 0.2) is 0 Å². The Labute approximate surface area is 76.6 Å². The van der Waals surface area contributed by atoms with E-state index in [1.54, 1.807) is 13.8 Å². The summed E-state index contributed by atoms with van der Waals surface area (Å²) < 4.78 is 15.3. The molecule has 0 aliphatic rings. The molecule has 0 radical (unpaired) electrons. The van der Waals surface area contributed by atoms with E-state index in [4.69, 9.17) is 9.79 Å². The highest BCUT2D eigenvalue weighted by Gasteiger charge is 2.34. The molecule has 5 nitrogen and oxygen atoms in total. The molecule has 2 N–H and O–H groups in total. The maximum atomic E-state index is 10.8. The Balaban J connectivity index is 4.55. The van der Waals surface area contributed by atoms with E-state index in [1.807, 2.05) is 0 Å². The molecule has 6 heteroatoms. The second-order valence-electron chi connectivity index (χ2n) is 2.86. The number of esters is 1. The first-order valence-corrected chi connectivity index (χ1v) is 5.35. The number of rotatable bonds is 4. The number of ether oxygens (including phenoxy) is 1. The van der Waals surface area contributed by atoms with E-state index < -0.39 is 25.3 Å². The van der Waals surface area contributed by atoms with E-state index >= 15 is 0 Å². The summed E-state index contributed by atoms with van der Waals surface area (Å²) in [4.78, 5) is 28.3. The zero-order valence-corrected chi connectivity index (χ0v) is 8.40. The highest BCUT2D eigenvalue weighted by molar-refractivity contribution is 7.52. The van der Waals surface area contributed by atoms with E-state index in [-0.39, 0.29) is 0 Å². The Morgan fingerprint density at radius 2 is 2.00 bits per heavy atom. The van der Waals surface area contributed by atoms with Crippen LogP contribution in [0.1, 0.15) is 13.8 Å². The highest BCUT2D eigenvalue weighted by Crippen LogP contribution is 2.45. The average molecular weight is 208 g/mol. The Morgan fingerprint density at radius 3 is 2.23 bits per heavy atom. The predicted octanol–water partition coefficient (Wildman–Crippen LogP) is 0.875. The van der Waals surface area contributed by atoms with Crippen LogP contribution >= 0.6 is 7.60 Å². The Bertz CT molecular complexity index is 241. The molecule has 0 aromatic heterocycles. The highest BCUT2D eigenvalue weighted by atomic mass is 31.2. The Hall–Kier alpha value is -0.640. The molecule has 13 heavy (non-hydrogen) atoms. The lowest BCUT2D eigenvalue weighted by molar-refractivity contribution is -0.141. The van der Waals surface area contributed by atoms with Crippen molar-refractivity contribution in [1.82, 2.24) is 0 Å². The van der Waals surface area contributed by atoms with Crippen LogP contribution in [0.15, 0.2) is 12.7 Å². The van der Waals surface area contributed by atoms with Gasteiger partial charge in [0.2, 0.25) is 5.85 Å². The normalized spacial score (nSPS) is 13.9. The lowest BCUT2D eigenvalue weighted by Gasteiger charge is -2.21. The van der Waals surface area contributed by atoms with Crippen molar-refractivity contribution in [2.75, 3.05) is 0 Å². The first-order valence-electron chi connectivity index (χ1n) is 3.67. The third-order valence-electron chi connectivity index (χ3n) is 1.31. The molecule has 0 aromatic carbocycles. The lowest BCUT2D eigenvalue weighted by Crippen LogP contribution is -2.22. The van der Waals surface area contributed by atoms with E-state index in [0.29, 0.717) is 0 Å². The van der Waals surface area contributed by atoms with Gasteiger partial charge in [0.05, 0.1) is 0 Å². The standard InChI is InChI=1S/C7H13O5P/c1-4-6(8)12-7(5(2)3)13(9,10)11/h4-5,7H,1H2,2-3H3,(H2,9,10,11). The molecule has 1 atom stereocenters. The zero-order valence-electron chi connectivity index (χ0n) is 7.51. The largest absolute Gasteiger partial charge is 0.446 e. The van der Waals surface area contributed by atoms with Crippen molar-refractivity contribution in [2.24, 2.45) is 5.92 Å². The summed E-state index contributed by atoms with van der Waals surface area (Å²) in [5.41, 5.74) is 0. The van der Waals surface area contributed by atoms with Crippen molar-refractivity contribution in [2.45, 2.75) is 19.7 Å². The van der Waals surface area contributed by atoms with Gasteiger partial charge in [0.25, 0.3) is 0 Å². The van der Waals surface area contributed by atoms with Crippen LogP contribution in [-0.4, -0.2) is 21.6 Å². The summed E-state index contributed by atoms with van der Waals surface area (Å²) >= 11 is 0. The van der Waals surface area contributed by atoms with Crippen LogP contribution in [0.4, 0.5) is 0 Å². The summed E-state index contributed by atoms with van der Waals surface area (Å²) in [6, 6.07) is 0. The van der Waals surface area contributed by atoms with Crippen molar-refractivity contribution >= 4 is 13.6 Å². The SMILES string of the molecule is C=CC(=O)OC(C(C)C)P(=O)(O)O. The van der Waals surface area contributed by atoms with Gasteiger partial charge in [-0.25, -0.2) is 4.79 Å². The summed E-state index contributed by atoms with van der Waals surface area (Å²) in [7, 11) is -4.39. The van der Waals surface area contributed by atoms with Crippen molar-refractivity contribution in [3.63, 3.8) is 0 Å². The molecule has 0 rings (SSSR count). The van der Waals surface area contributed by atoms with Crippen molar-refractivity contribution in [1.29, 1.82) is 0 Å². The van der Waals surface area contributed by atoms with Crippen molar-refractivity contribution < 1.29 is 23.9 Å². The van der Waals surface area contributed by atoms with Crippen molar-refractivity contribution in [3.05, 3.63) is 12.7 Å². The van der Waals surface area contributed by atoms with Crippen molar-refractivity contribution in [3.8, 4) is 0 Å². The van der Waals surface area contributed by atoms with Gasteiger partial charge >= 0.3 is 13.6 Å². The molecular formula is C7H13O5P. The summed E-state index contributed by atoms with van der Waals surface area (Å²) in [6.45, 7) is 6.24. The average Bonchev–Trinajstić information content (AvgIpc) is 1.96. The van der Waals surface area contributed by atoms with Crippen LogP contribution in [0, 0.1) is 5.92 Å². The molecule has 0 heterocycles. The molecule has 0 aliphatic carbocycles. The molecule has 0 amide bonds. The molecule has 1 unspecified atom stereocenters. The minimum absolute atomic E-state index is 0.440. The maximum absolute atomic E-state index is 10.8. The van der Waals surface area contributed by atoms with Gasteiger partial charge in [0, 0.05) is 12.0 Å². The van der Waals surface area contributed by atoms with Crippen LogP contribution in [0.25, 0.3) is 0 Å². The van der Waals surface area contributed by atoms with E-state index in [9.17, 15) is 9.36 Å². The monoisotopic (exact) mass is 208 g/mol. The van der Waals surface area contributed by atoms with Crippen LogP contribution in [0.2, 0.25) is 0 Å². The Morgan fingerprint density at radius 1 is 1.54 bits per heavy atom. The van der Waals surface area contributed by atoms with Crippen LogP contribution in [0.3, 0.4) is 0 Å². The van der Waals surface area contributed by atoms with E-state index in [0.717, 1.165) is 6.08 Å². The van der Waals surface area contributed by atoms with E-state index in [2.05, 4.69) is 11.3 Å². The lowest BCUT2D eigenvalue weighted by atomic mass is 10.2. The van der Waals surface area contributed by atoms with E-state index in [1.165, 1.54) is 0 Å². The molecule has 0 spiro atoms. The molecule has 0 aromatic rings. The number of hydrogen-bond acceptors (Lipinski definition) is 3. The zero-order chi connectivity index (χ0) is 10.6. The van der Waals surface area contributed by atoms with Gasteiger partial charge in [-0.15, -0.1) is 0 Å². The number of carbonyl (C=O) groups is 1. The Kier molecular flexibility index (Phi) is 4.33. The van der Waals surface area contributed by atoms with Crippen LogP contribution in [-0.2, 0) is 14.1 Å². The molecule has 0 aliphatic heterocycles.